The molecule has 0 saturated carbocycles. The van der Waals surface area contributed by atoms with E-state index in [4.69, 9.17) is 44.3 Å². The fraction of sp³-hybridized carbons (Fsp3) is 0.182. The smallest absolute Gasteiger partial charge is 0.210 e. The van der Waals surface area contributed by atoms with E-state index in [9.17, 15) is 4.79 Å². The number of rotatable bonds is 4. The van der Waals surface area contributed by atoms with Crippen molar-refractivity contribution >= 4 is 40.6 Å². The summed E-state index contributed by atoms with van der Waals surface area (Å²) in [4.78, 5) is 11.9. The predicted octanol–water partition coefficient (Wildman–Crippen LogP) is 3.77. The third-order valence-corrected chi connectivity index (χ3v) is 2.95. The van der Waals surface area contributed by atoms with Gasteiger partial charge in [-0.15, -0.1) is 0 Å². The first-order valence-electron chi connectivity index (χ1n) is 4.48. The highest BCUT2D eigenvalue weighted by Crippen LogP contribution is 2.29. The van der Waals surface area contributed by atoms with Gasteiger partial charge in [0.1, 0.15) is 21.0 Å². The standard InChI is InChI=1S/C11H9Cl3O3/c1-16-6-3-4-7(8(5-6)17-2)10(15)9(12)11(13)14/h3-5H,1-2H3. The van der Waals surface area contributed by atoms with Crippen LogP contribution in [-0.4, -0.2) is 20.0 Å². The summed E-state index contributed by atoms with van der Waals surface area (Å²) in [5, 5.41) is -0.253. The van der Waals surface area contributed by atoms with Gasteiger partial charge in [-0.3, -0.25) is 4.79 Å². The molecule has 3 nitrogen and oxygen atoms in total. The third-order valence-electron chi connectivity index (χ3n) is 2.02. The van der Waals surface area contributed by atoms with E-state index < -0.39 is 5.78 Å². The molecule has 0 amide bonds. The Hall–Kier alpha value is -0.900. The SMILES string of the molecule is COc1ccc(C(=O)C(Cl)=C(Cl)Cl)c(OC)c1. The Labute approximate surface area is 114 Å². The summed E-state index contributed by atoms with van der Waals surface area (Å²) in [5.41, 5.74) is 0.261. The third kappa shape index (κ3) is 3.28. The lowest BCUT2D eigenvalue weighted by atomic mass is 10.1. The molecule has 17 heavy (non-hydrogen) atoms. The van der Waals surface area contributed by atoms with E-state index >= 15 is 0 Å². The molecule has 0 aliphatic rings. The summed E-state index contributed by atoms with van der Waals surface area (Å²) in [6.07, 6.45) is 0. The normalized spacial score (nSPS) is 9.71. The van der Waals surface area contributed by atoms with Crippen LogP contribution in [0, 0.1) is 0 Å². The van der Waals surface area contributed by atoms with E-state index in [-0.39, 0.29) is 15.1 Å². The number of Topliss-reactive ketones (excluding diaryl/α,β-unsaturated/α-hetero) is 1. The summed E-state index contributed by atoms with van der Waals surface area (Å²) in [6.45, 7) is 0. The summed E-state index contributed by atoms with van der Waals surface area (Å²) in [6, 6.07) is 4.71. The number of halogens is 3. The molecule has 0 unspecified atom stereocenters. The van der Waals surface area contributed by atoms with Crippen molar-refractivity contribution in [2.45, 2.75) is 0 Å². The predicted molar refractivity (Wildman–Crippen MR) is 68.5 cm³/mol. The van der Waals surface area contributed by atoms with Gasteiger partial charge < -0.3 is 9.47 Å². The van der Waals surface area contributed by atoms with E-state index in [1.807, 2.05) is 0 Å². The van der Waals surface area contributed by atoms with Gasteiger partial charge in [0.05, 0.1) is 19.8 Å². The zero-order chi connectivity index (χ0) is 13.0. The van der Waals surface area contributed by atoms with Gasteiger partial charge in [-0.05, 0) is 12.1 Å². The van der Waals surface area contributed by atoms with Crippen LogP contribution in [0.4, 0.5) is 0 Å². The van der Waals surface area contributed by atoms with E-state index in [1.54, 1.807) is 12.1 Å². The van der Waals surface area contributed by atoms with E-state index in [0.717, 1.165) is 0 Å². The highest BCUT2D eigenvalue weighted by atomic mass is 35.5. The second-order valence-corrected chi connectivity index (χ2v) is 4.30. The number of allylic oxidation sites excluding steroid dienone is 1. The molecular formula is C11H9Cl3O3. The Morgan fingerprint density at radius 2 is 1.76 bits per heavy atom. The molecule has 6 heteroatoms. The lowest BCUT2D eigenvalue weighted by Gasteiger charge is -2.09. The minimum Gasteiger partial charge on any atom is -0.497 e. The first-order valence-corrected chi connectivity index (χ1v) is 5.62. The molecule has 0 aliphatic heterocycles. The fourth-order valence-electron chi connectivity index (χ4n) is 1.19. The molecule has 0 aromatic heterocycles. The van der Waals surface area contributed by atoms with Crippen LogP contribution in [0.15, 0.2) is 27.7 Å². The number of ether oxygens (including phenoxy) is 2. The van der Waals surface area contributed by atoms with Gasteiger partial charge in [-0.1, -0.05) is 34.8 Å². The monoisotopic (exact) mass is 294 g/mol. The van der Waals surface area contributed by atoms with Crippen LogP contribution in [0.1, 0.15) is 10.4 Å². The number of hydrogen-bond acceptors (Lipinski definition) is 3. The number of carbonyl (C=O) groups is 1. The largest absolute Gasteiger partial charge is 0.497 e. The molecule has 0 saturated heterocycles. The summed E-state index contributed by atoms with van der Waals surface area (Å²) in [5.74, 6) is 0.392. The van der Waals surface area contributed by atoms with Crippen LogP contribution in [0.3, 0.4) is 0 Å². The van der Waals surface area contributed by atoms with Crippen molar-refractivity contribution in [1.82, 2.24) is 0 Å². The lowest BCUT2D eigenvalue weighted by Crippen LogP contribution is -2.03. The number of carbonyl (C=O) groups excluding carboxylic acids is 1. The Bertz CT molecular complexity index is 465. The molecule has 92 valence electrons. The van der Waals surface area contributed by atoms with Gasteiger partial charge in [0, 0.05) is 6.07 Å². The van der Waals surface area contributed by atoms with Gasteiger partial charge in [-0.25, -0.2) is 0 Å². The fourth-order valence-corrected chi connectivity index (χ4v) is 1.46. The van der Waals surface area contributed by atoms with Gasteiger partial charge >= 0.3 is 0 Å². The summed E-state index contributed by atoms with van der Waals surface area (Å²) >= 11 is 16.6. The van der Waals surface area contributed by atoms with Crippen molar-refractivity contribution in [1.29, 1.82) is 0 Å². The van der Waals surface area contributed by atoms with Crippen LogP contribution in [-0.2, 0) is 0 Å². The Morgan fingerprint density at radius 1 is 1.12 bits per heavy atom. The van der Waals surface area contributed by atoms with Crippen LogP contribution >= 0.6 is 34.8 Å². The maximum Gasteiger partial charge on any atom is 0.210 e. The Kier molecular flexibility index (Phi) is 5.12. The number of hydrogen-bond donors (Lipinski definition) is 0. The van der Waals surface area contributed by atoms with Crippen LogP contribution < -0.4 is 9.47 Å². The molecule has 0 bridgehead atoms. The minimum absolute atomic E-state index is 0.253. The molecule has 0 spiro atoms. The molecule has 0 fully saturated rings. The quantitative estimate of drug-likeness (QED) is 0.626. The van der Waals surface area contributed by atoms with Gasteiger partial charge in [0.15, 0.2) is 0 Å². The van der Waals surface area contributed by atoms with Crippen LogP contribution in [0.25, 0.3) is 0 Å². The molecule has 0 heterocycles. The van der Waals surface area contributed by atoms with Crippen molar-refractivity contribution in [3.05, 3.63) is 33.3 Å². The number of ketones is 1. The maximum atomic E-state index is 11.9. The van der Waals surface area contributed by atoms with Gasteiger partial charge in [0.2, 0.25) is 5.78 Å². The molecule has 0 atom stereocenters. The number of benzene rings is 1. The van der Waals surface area contributed by atoms with Gasteiger partial charge in [0.25, 0.3) is 0 Å². The van der Waals surface area contributed by atoms with Gasteiger partial charge in [-0.2, -0.15) is 0 Å². The Morgan fingerprint density at radius 3 is 2.24 bits per heavy atom. The second kappa shape index (κ2) is 6.15. The molecule has 1 rings (SSSR count). The topological polar surface area (TPSA) is 35.5 Å². The highest BCUT2D eigenvalue weighted by molar-refractivity contribution is 6.63. The summed E-state index contributed by atoms with van der Waals surface area (Å²) in [7, 11) is 2.95. The van der Waals surface area contributed by atoms with E-state index in [2.05, 4.69) is 0 Å². The van der Waals surface area contributed by atoms with E-state index in [0.29, 0.717) is 11.5 Å². The van der Waals surface area contributed by atoms with Crippen molar-refractivity contribution < 1.29 is 14.3 Å². The average Bonchev–Trinajstić information content (AvgIpc) is 2.35. The molecule has 0 N–H and O–H groups in total. The molecule has 1 aromatic rings. The van der Waals surface area contributed by atoms with Crippen molar-refractivity contribution in [3.8, 4) is 11.5 Å². The molecular weight excluding hydrogens is 286 g/mol. The van der Waals surface area contributed by atoms with E-state index in [1.165, 1.54) is 20.3 Å². The van der Waals surface area contributed by atoms with Crippen LogP contribution in [0.2, 0.25) is 0 Å². The second-order valence-electron chi connectivity index (χ2n) is 2.97. The van der Waals surface area contributed by atoms with Crippen LogP contribution in [0.5, 0.6) is 11.5 Å². The highest BCUT2D eigenvalue weighted by Gasteiger charge is 2.18. The molecule has 0 aliphatic carbocycles. The molecule has 0 radical (unpaired) electrons. The first-order chi connectivity index (χ1) is 8.01. The van der Waals surface area contributed by atoms with Crippen molar-refractivity contribution in [2.24, 2.45) is 0 Å². The lowest BCUT2D eigenvalue weighted by molar-refractivity contribution is 0.103. The minimum atomic E-state index is -0.508. The maximum absolute atomic E-state index is 11.9. The zero-order valence-electron chi connectivity index (χ0n) is 9.09. The first kappa shape index (κ1) is 14.2. The Balaban J connectivity index is 3.23. The van der Waals surface area contributed by atoms with Crippen molar-refractivity contribution in [2.75, 3.05) is 14.2 Å². The number of methoxy groups -OCH3 is 2. The van der Waals surface area contributed by atoms with Crippen molar-refractivity contribution in [3.63, 3.8) is 0 Å². The molecule has 1 aromatic carbocycles. The summed E-state index contributed by atoms with van der Waals surface area (Å²) < 4.78 is 9.80. The zero-order valence-corrected chi connectivity index (χ0v) is 11.4. The average molecular weight is 296 g/mol.